The van der Waals surface area contributed by atoms with Gasteiger partial charge < -0.3 is 9.84 Å². The number of aromatic nitrogens is 1. The molecule has 0 saturated heterocycles. The van der Waals surface area contributed by atoms with Crippen LogP contribution in [-0.2, 0) is 0 Å². The van der Waals surface area contributed by atoms with Gasteiger partial charge in [-0.3, -0.25) is 4.79 Å². The van der Waals surface area contributed by atoms with Crippen molar-refractivity contribution in [3.05, 3.63) is 83.2 Å². The number of hydrogen-bond acceptors (Lipinski definition) is 3. The Morgan fingerprint density at radius 3 is 2.30 bits per heavy atom. The van der Waals surface area contributed by atoms with Gasteiger partial charge in [-0.05, 0) is 35.4 Å². The van der Waals surface area contributed by atoms with Crippen LogP contribution >= 0.6 is 0 Å². The molecular weight excluding hydrogens is 288 g/mol. The maximum atomic E-state index is 11.8. The first-order valence-electron chi connectivity index (χ1n) is 7.34. The highest BCUT2D eigenvalue weighted by Crippen LogP contribution is 2.26. The molecule has 0 unspecified atom stereocenters. The molecule has 4 heteroatoms. The second-order valence-corrected chi connectivity index (χ2v) is 5.28. The van der Waals surface area contributed by atoms with Gasteiger partial charge in [-0.1, -0.05) is 48.5 Å². The van der Waals surface area contributed by atoms with Gasteiger partial charge in [0.05, 0.1) is 5.69 Å². The van der Waals surface area contributed by atoms with E-state index >= 15 is 0 Å². The second-order valence-electron chi connectivity index (χ2n) is 5.28. The molecule has 3 aromatic carbocycles. The average molecular weight is 302 g/mol. The topological polar surface area (TPSA) is 58.0 Å². The van der Waals surface area contributed by atoms with Crippen LogP contribution in [0, 0.1) is 0 Å². The molecule has 0 saturated carbocycles. The van der Waals surface area contributed by atoms with Gasteiger partial charge in [0.2, 0.25) is 0 Å². The van der Waals surface area contributed by atoms with Gasteiger partial charge in [0.25, 0.3) is 5.56 Å². The number of nitrogens with one attached hydrogen (secondary N) is 2. The fraction of sp³-hybridized carbons (Fsp3) is 0. The summed E-state index contributed by atoms with van der Waals surface area (Å²) in [4.78, 5) is 11.8. The average Bonchev–Trinajstić information content (AvgIpc) is 2.99. The monoisotopic (exact) mass is 302 g/mol. The minimum absolute atomic E-state index is 0.232. The molecule has 1 heterocycles. The first-order valence-corrected chi connectivity index (χ1v) is 7.34. The lowest BCUT2D eigenvalue weighted by Gasteiger charge is -2.08. The van der Waals surface area contributed by atoms with E-state index in [1.165, 1.54) is 5.56 Å². The number of benzene rings is 3. The molecule has 112 valence electrons. The zero-order valence-electron chi connectivity index (χ0n) is 12.2. The van der Waals surface area contributed by atoms with Crippen molar-refractivity contribution < 1.29 is 4.52 Å². The Labute approximate surface area is 132 Å². The van der Waals surface area contributed by atoms with Crippen molar-refractivity contribution >= 4 is 22.3 Å². The summed E-state index contributed by atoms with van der Waals surface area (Å²) in [6.45, 7) is 0. The van der Waals surface area contributed by atoms with Crippen molar-refractivity contribution in [3.8, 4) is 11.1 Å². The largest absolute Gasteiger partial charge is 0.378 e. The van der Waals surface area contributed by atoms with Crippen LogP contribution in [0.25, 0.3) is 22.1 Å². The minimum Gasteiger partial charge on any atom is -0.378 e. The van der Waals surface area contributed by atoms with Crippen molar-refractivity contribution in [1.82, 2.24) is 5.16 Å². The summed E-state index contributed by atoms with van der Waals surface area (Å²) in [6, 6.07) is 23.8. The Bertz CT molecular complexity index is 999. The molecule has 0 atom stereocenters. The molecule has 0 aliphatic heterocycles. The van der Waals surface area contributed by atoms with Crippen molar-refractivity contribution in [1.29, 1.82) is 0 Å². The van der Waals surface area contributed by atoms with Gasteiger partial charge in [-0.25, -0.2) is 0 Å². The lowest BCUT2D eigenvalue weighted by Crippen LogP contribution is -2.00. The Kier molecular flexibility index (Phi) is 3.20. The number of H-pyrrole nitrogens is 1. The molecule has 0 radical (unpaired) electrons. The summed E-state index contributed by atoms with van der Waals surface area (Å²) in [6.07, 6.45) is 0. The van der Waals surface area contributed by atoms with Crippen molar-refractivity contribution in [2.75, 3.05) is 5.32 Å². The molecule has 4 aromatic rings. The molecule has 2 N–H and O–H groups in total. The normalized spacial score (nSPS) is 10.8. The second kappa shape index (κ2) is 5.50. The molecule has 1 aromatic heterocycles. The Hall–Kier alpha value is -3.27. The lowest BCUT2D eigenvalue weighted by molar-refractivity contribution is 0.449. The van der Waals surface area contributed by atoms with Crippen LogP contribution in [-0.4, -0.2) is 5.16 Å². The van der Waals surface area contributed by atoms with Crippen molar-refractivity contribution in [2.45, 2.75) is 0 Å². The third kappa shape index (κ3) is 2.51. The quantitative estimate of drug-likeness (QED) is 0.584. The summed E-state index contributed by atoms with van der Waals surface area (Å²) < 4.78 is 5.13. The number of anilines is 2. The number of hydrogen-bond donors (Lipinski definition) is 2. The van der Waals surface area contributed by atoms with Crippen LogP contribution < -0.4 is 10.9 Å². The summed E-state index contributed by atoms with van der Waals surface area (Å²) in [5.41, 5.74) is 4.27. The van der Waals surface area contributed by atoms with Crippen LogP contribution in [0.15, 0.2) is 82.1 Å². The van der Waals surface area contributed by atoms with Gasteiger partial charge in [0.15, 0.2) is 5.58 Å². The smallest absolute Gasteiger partial charge is 0.289 e. The van der Waals surface area contributed by atoms with Gasteiger partial charge >= 0.3 is 0 Å². The summed E-state index contributed by atoms with van der Waals surface area (Å²) in [5.74, 6) is 0. The molecule has 0 amide bonds. The maximum absolute atomic E-state index is 11.8. The van der Waals surface area contributed by atoms with E-state index in [4.69, 9.17) is 4.52 Å². The molecule has 0 aliphatic carbocycles. The van der Waals surface area contributed by atoms with E-state index in [9.17, 15) is 4.79 Å². The predicted molar refractivity (Wildman–Crippen MR) is 92.0 cm³/mol. The van der Waals surface area contributed by atoms with Crippen molar-refractivity contribution in [2.24, 2.45) is 0 Å². The molecule has 4 rings (SSSR count). The summed E-state index contributed by atoms with van der Waals surface area (Å²) in [7, 11) is 0. The molecule has 0 fully saturated rings. The Morgan fingerprint density at radius 1 is 0.783 bits per heavy atom. The van der Waals surface area contributed by atoms with E-state index in [2.05, 4.69) is 34.7 Å². The maximum Gasteiger partial charge on any atom is 0.289 e. The number of aromatic amines is 1. The van der Waals surface area contributed by atoms with Crippen LogP contribution in [0.4, 0.5) is 11.4 Å². The van der Waals surface area contributed by atoms with E-state index in [0.29, 0.717) is 11.0 Å². The molecule has 0 spiro atoms. The molecular formula is C19H14N2O2. The highest BCUT2D eigenvalue weighted by Gasteiger charge is 2.08. The van der Waals surface area contributed by atoms with Crippen LogP contribution in [0.5, 0.6) is 0 Å². The van der Waals surface area contributed by atoms with E-state index in [-0.39, 0.29) is 5.56 Å². The van der Waals surface area contributed by atoms with E-state index in [0.717, 1.165) is 16.9 Å². The first-order chi connectivity index (χ1) is 11.3. The molecule has 0 aliphatic rings. The van der Waals surface area contributed by atoms with E-state index in [1.54, 1.807) is 6.07 Å². The van der Waals surface area contributed by atoms with Gasteiger partial charge in [-0.15, -0.1) is 0 Å². The predicted octanol–water partition coefficient (Wildman–Crippen LogP) is 4.53. The molecule has 23 heavy (non-hydrogen) atoms. The van der Waals surface area contributed by atoms with Crippen LogP contribution in [0.1, 0.15) is 0 Å². The van der Waals surface area contributed by atoms with Crippen molar-refractivity contribution in [3.63, 3.8) is 0 Å². The molecule has 0 bridgehead atoms. The fourth-order valence-corrected chi connectivity index (χ4v) is 2.64. The zero-order valence-corrected chi connectivity index (χ0v) is 12.2. The summed E-state index contributed by atoms with van der Waals surface area (Å²) >= 11 is 0. The van der Waals surface area contributed by atoms with Crippen LogP contribution in [0.2, 0.25) is 0 Å². The fourth-order valence-electron chi connectivity index (χ4n) is 2.64. The third-order valence-corrected chi connectivity index (χ3v) is 3.78. The van der Waals surface area contributed by atoms with Gasteiger partial charge in [0.1, 0.15) is 5.39 Å². The summed E-state index contributed by atoms with van der Waals surface area (Å²) in [5, 5.41) is 6.16. The van der Waals surface area contributed by atoms with Gasteiger partial charge in [0, 0.05) is 5.69 Å². The number of fused-ring (bicyclic) bond motifs is 1. The van der Waals surface area contributed by atoms with E-state index in [1.807, 2.05) is 42.5 Å². The Balaban J connectivity index is 1.67. The standard InChI is InChI=1S/C19H14N2O2/c22-19-18-16(7-4-8-17(18)23-21-19)20-15-11-9-14(10-12-15)13-5-2-1-3-6-13/h1-12,20H,(H,21,22). The number of rotatable bonds is 3. The minimum atomic E-state index is -0.232. The highest BCUT2D eigenvalue weighted by molar-refractivity contribution is 5.91. The van der Waals surface area contributed by atoms with E-state index < -0.39 is 0 Å². The molecule has 4 nitrogen and oxygen atoms in total. The highest BCUT2D eigenvalue weighted by atomic mass is 16.5. The third-order valence-electron chi connectivity index (χ3n) is 3.78. The van der Waals surface area contributed by atoms with Crippen LogP contribution in [0.3, 0.4) is 0 Å². The lowest BCUT2D eigenvalue weighted by atomic mass is 10.1. The first kappa shape index (κ1) is 13.4. The Morgan fingerprint density at radius 2 is 1.52 bits per heavy atom. The SMILES string of the molecule is O=c1[nH]oc2cccc(Nc3ccc(-c4ccccc4)cc3)c12. The van der Waals surface area contributed by atoms with Gasteiger partial charge in [-0.2, -0.15) is 5.16 Å². The zero-order chi connectivity index (χ0) is 15.6.